The van der Waals surface area contributed by atoms with Crippen molar-refractivity contribution in [2.45, 2.75) is 13.0 Å². The number of carbonyl (C=O) groups is 2. The molecule has 1 aliphatic heterocycles. The van der Waals surface area contributed by atoms with Crippen molar-refractivity contribution in [1.29, 1.82) is 0 Å². The normalized spacial score (nSPS) is 17.4. The number of rotatable bonds is 4. The summed E-state index contributed by atoms with van der Waals surface area (Å²) in [6.07, 6.45) is 0. The minimum atomic E-state index is -1.30. The van der Waals surface area contributed by atoms with Gasteiger partial charge in [0.2, 0.25) is 0 Å². The van der Waals surface area contributed by atoms with E-state index < -0.39 is 45.7 Å². The predicted molar refractivity (Wildman–Crippen MR) is 117 cm³/mol. The summed E-state index contributed by atoms with van der Waals surface area (Å²) in [6, 6.07) is 13.6. The molecule has 3 aromatic rings. The highest BCUT2D eigenvalue weighted by Crippen LogP contribution is 2.44. The molecule has 8 nitrogen and oxygen atoms in total. The van der Waals surface area contributed by atoms with Crippen LogP contribution in [0.3, 0.4) is 0 Å². The lowest BCUT2D eigenvalue weighted by Gasteiger charge is -2.25. The van der Waals surface area contributed by atoms with Crippen molar-refractivity contribution in [2.75, 3.05) is 4.90 Å². The zero-order valence-corrected chi connectivity index (χ0v) is 17.2. The minimum absolute atomic E-state index is 0.0285. The summed E-state index contributed by atoms with van der Waals surface area (Å²) in [4.78, 5) is 37.6. The van der Waals surface area contributed by atoms with Crippen molar-refractivity contribution in [2.24, 2.45) is 0 Å². The van der Waals surface area contributed by atoms with E-state index in [9.17, 15) is 34.3 Å². The molecule has 4 rings (SSSR count). The lowest BCUT2D eigenvalue weighted by atomic mass is 9.94. The molecule has 0 spiro atoms. The van der Waals surface area contributed by atoms with Crippen LogP contribution in [0.15, 0.2) is 72.3 Å². The Morgan fingerprint density at radius 1 is 1.06 bits per heavy atom. The number of aliphatic hydroxyl groups is 1. The molecule has 1 heterocycles. The minimum Gasteiger partial charge on any atom is -0.507 e. The number of aromatic hydroxyl groups is 1. The highest BCUT2D eigenvalue weighted by atomic mass is 19.1. The van der Waals surface area contributed by atoms with Crippen LogP contribution >= 0.6 is 0 Å². The van der Waals surface area contributed by atoms with Crippen molar-refractivity contribution in [3.8, 4) is 5.75 Å². The van der Waals surface area contributed by atoms with Gasteiger partial charge in [-0.2, -0.15) is 0 Å². The first-order valence-corrected chi connectivity index (χ1v) is 9.80. The van der Waals surface area contributed by atoms with Gasteiger partial charge < -0.3 is 10.2 Å². The number of aliphatic hydroxyl groups excluding tert-OH is 1. The molecule has 1 amide bonds. The molecule has 1 atom stereocenters. The zero-order chi connectivity index (χ0) is 23.9. The van der Waals surface area contributed by atoms with Crippen LogP contribution in [-0.2, 0) is 9.59 Å². The molecule has 0 aliphatic carbocycles. The maximum absolute atomic E-state index is 13.9. The molecule has 9 heteroatoms. The summed E-state index contributed by atoms with van der Waals surface area (Å²) in [5, 5.41) is 32.2. The van der Waals surface area contributed by atoms with Gasteiger partial charge in [-0.15, -0.1) is 0 Å². The molecular formula is C24H17FN2O6. The molecule has 1 fully saturated rings. The second-order valence-corrected chi connectivity index (χ2v) is 7.52. The number of ketones is 1. The maximum Gasteiger partial charge on any atom is 0.311 e. The van der Waals surface area contributed by atoms with Crippen molar-refractivity contribution in [3.63, 3.8) is 0 Å². The van der Waals surface area contributed by atoms with E-state index in [2.05, 4.69) is 0 Å². The number of hydrogen-bond acceptors (Lipinski definition) is 6. The molecule has 0 aromatic heterocycles. The summed E-state index contributed by atoms with van der Waals surface area (Å²) in [6.45, 7) is 1.84. The van der Waals surface area contributed by atoms with E-state index in [1.54, 1.807) is 24.3 Å². The van der Waals surface area contributed by atoms with Crippen LogP contribution in [0.2, 0.25) is 0 Å². The number of anilines is 1. The molecule has 0 radical (unpaired) electrons. The fourth-order valence-corrected chi connectivity index (χ4v) is 3.76. The smallest absolute Gasteiger partial charge is 0.311 e. The van der Waals surface area contributed by atoms with E-state index >= 15 is 0 Å². The Morgan fingerprint density at radius 3 is 2.39 bits per heavy atom. The largest absolute Gasteiger partial charge is 0.507 e. The Morgan fingerprint density at radius 2 is 1.76 bits per heavy atom. The number of nitrogens with zero attached hydrogens (tertiary/aromatic N) is 2. The first-order valence-electron chi connectivity index (χ1n) is 9.80. The Balaban J connectivity index is 1.99. The fraction of sp³-hybridized carbons (Fsp3) is 0.0833. The van der Waals surface area contributed by atoms with E-state index in [0.29, 0.717) is 0 Å². The zero-order valence-electron chi connectivity index (χ0n) is 17.2. The van der Waals surface area contributed by atoms with E-state index in [-0.39, 0.29) is 22.4 Å². The molecule has 1 unspecified atom stereocenters. The number of carbonyl (C=O) groups excluding carboxylic acids is 2. The monoisotopic (exact) mass is 448 g/mol. The highest BCUT2D eigenvalue weighted by molar-refractivity contribution is 6.51. The maximum atomic E-state index is 13.9. The predicted octanol–water partition coefficient (Wildman–Crippen LogP) is 4.37. The first kappa shape index (κ1) is 21.7. The quantitative estimate of drug-likeness (QED) is 0.201. The van der Waals surface area contributed by atoms with Gasteiger partial charge in [-0.3, -0.25) is 24.6 Å². The first-order chi connectivity index (χ1) is 15.7. The summed E-state index contributed by atoms with van der Waals surface area (Å²) in [5.74, 6) is -3.81. The third kappa shape index (κ3) is 3.80. The molecule has 166 valence electrons. The number of hydrogen-bond donors (Lipinski definition) is 2. The number of phenolic OH excluding ortho intramolecular Hbond substituents is 1. The lowest BCUT2D eigenvalue weighted by molar-refractivity contribution is -0.385. The molecule has 1 aliphatic rings. The summed E-state index contributed by atoms with van der Waals surface area (Å²) < 4.78 is 13.9. The number of aryl methyl sites for hydroxylation is 1. The molecule has 0 saturated carbocycles. The number of benzene rings is 3. The van der Waals surface area contributed by atoms with Crippen LogP contribution in [0.5, 0.6) is 5.75 Å². The van der Waals surface area contributed by atoms with Crippen molar-refractivity contribution in [3.05, 3.63) is 105 Å². The fourth-order valence-electron chi connectivity index (χ4n) is 3.76. The van der Waals surface area contributed by atoms with Crippen LogP contribution in [0.4, 0.5) is 15.8 Å². The van der Waals surface area contributed by atoms with Crippen LogP contribution in [0.25, 0.3) is 5.76 Å². The third-order valence-corrected chi connectivity index (χ3v) is 5.37. The van der Waals surface area contributed by atoms with Gasteiger partial charge in [0.25, 0.3) is 11.7 Å². The number of nitro benzene ring substituents is 1. The third-order valence-electron chi connectivity index (χ3n) is 5.37. The Hall–Kier alpha value is -4.53. The second kappa shape index (κ2) is 8.19. The number of halogens is 1. The van der Waals surface area contributed by atoms with Gasteiger partial charge in [0.15, 0.2) is 5.75 Å². The standard InChI is InChI=1S/C24H17FN2O6/c1-13-5-7-14(8-6-13)22(29)20-21(15-9-10-19(28)18(11-15)27(32)33)26(24(31)23(20)30)17-4-2-3-16(25)12-17/h2-12,21,28-29H,1H3/b22-20-. The number of phenols is 1. The number of nitro groups is 1. The van der Waals surface area contributed by atoms with E-state index in [4.69, 9.17) is 0 Å². The van der Waals surface area contributed by atoms with Gasteiger partial charge in [0, 0.05) is 17.3 Å². The molecule has 33 heavy (non-hydrogen) atoms. The summed E-state index contributed by atoms with van der Waals surface area (Å²) >= 11 is 0. The topological polar surface area (TPSA) is 121 Å². The van der Waals surface area contributed by atoms with Crippen LogP contribution in [-0.4, -0.2) is 26.8 Å². The van der Waals surface area contributed by atoms with Gasteiger partial charge in [0.05, 0.1) is 16.5 Å². The summed E-state index contributed by atoms with van der Waals surface area (Å²) in [7, 11) is 0. The van der Waals surface area contributed by atoms with Gasteiger partial charge in [-0.25, -0.2) is 4.39 Å². The molecule has 0 bridgehead atoms. The van der Waals surface area contributed by atoms with Crippen LogP contribution < -0.4 is 4.90 Å². The van der Waals surface area contributed by atoms with Gasteiger partial charge in [-0.05, 0) is 36.8 Å². The molecule has 3 aromatic carbocycles. The van der Waals surface area contributed by atoms with Gasteiger partial charge >= 0.3 is 5.69 Å². The Labute approximate surface area is 187 Å². The summed E-state index contributed by atoms with van der Waals surface area (Å²) in [5.41, 5.74) is 0.312. The van der Waals surface area contributed by atoms with Gasteiger partial charge in [0.1, 0.15) is 11.6 Å². The average molecular weight is 448 g/mol. The SMILES string of the molecule is Cc1ccc(/C(O)=C2/C(=O)C(=O)N(c3cccc(F)c3)C2c2ccc(O)c([N+](=O)[O-])c2)cc1. The molecule has 2 N–H and O–H groups in total. The van der Waals surface area contributed by atoms with Crippen LogP contribution in [0, 0.1) is 22.9 Å². The van der Waals surface area contributed by atoms with E-state index in [1.165, 1.54) is 18.2 Å². The van der Waals surface area contributed by atoms with Crippen LogP contribution in [0.1, 0.15) is 22.7 Å². The lowest BCUT2D eigenvalue weighted by Crippen LogP contribution is -2.29. The number of amides is 1. The Kier molecular flexibility index (Phi) is 5.39. The van der Waals surface area contributed by atoms with Crippen molar-refractivity contribution in [1.82, 2.24) is 0 Å². The Bertz CT molecular complexity index is 1330. The van der Waals surface area contributed by atoms with Crippen molar-refractivity contribution < 1.29 is 29.1 Å². The second-order valence-electron chi connectivity index (χ2n) is 7.52. The number of Topliss-reactive ketones (excluding diaryl/α,β-unsaturated/α-hetero) is 1. The average Bonchev–Trinajstić information content (AvgIpc) is 3.04. The van der Waals surface area contributed by atoms with E-state index in [0.717, 1.165) is 34.7 Å². The molecular weight excluding hydrogens is 431 g/mol. The van der Waals surface area contributed by atoms with Gasteiger partial charge in [-0.1, -0.05) is 42.0 Å². The molecule has 1 saturated heterocycles. The highest BCUT2D eigenvalue weighted by Gasteiger charge is 2.47. The van der Waals surface area contributed by atoms with E-state index in [1.807, 2.05) is 6.92 Å². The van der Waals surface area contributed by atoms with Crippen molar-refractivity contribution >= 4 is 28.8 Å².